The van der Waals surface area contributed by atoms with Crippen molar-refractivity contribution in [3.63, 3.8) is 0 Å². The van der Waals surface area contributed by atoms with Crippen molar-refractivity contribution in [3.8, 4) is 5.75 Å². The largest absolute Gasteiger partial charge is 0.487 e. The molecule has 6 nitrogen and oxygen atoms in total. The van der Waals surface area contributed by atoms with Crippen LogP contribution in [-0.4, -0.2) is 34.6 Å². The Balaban J connectivity index is 1.42. The van der Waals surface area contributed by atoms with E-state index >= 15 is 0 Å². The lowest BCUT2D eigenvalue weighted by Crippen LogP contribution is -2.66. The Morgan fingerprint density at radius 1 is 1.35 bits per heavy atom. The average molecular weight is 489 g/mol. The number of para-hydroxylation sites is 1. The van der Waals surface area contributed by atoms with Crippen molar-refractivity contribution < 1.29 is 19.0 Å². The number of aromatic nitrogens is 2. The summed E-state index contributed by atoms with van der Waals surface area (Å²) in [6.07, 6.45) is 2.72. The molecule has 166 valence electrons. The fourth-order valence-corrected chi connectivity index (χ4v) is 6.70. The molecule has 1 aromatic carbocycles. The van der Waals surface area contributed by atoms with Crippen molar-refractivity contribution in [1.82, 2.24) is 9.78 Å². The Morgan fingerprint density at radius 2 is 2.13 bits per heavy atom. The van der Waals surface area contributed by atoms with Crippen LogP contribution >= 0.6 is 15.9 Å². The highest BCUT2D eigenvalue weighted by Gasteiger charge is 2.64. The monoisotopic (exact) mass is 488 g/mol. The number of nitrogens with zero attached hydrogens (tertiary/aromatic N) is 2. The van der Waals surface area contributed by atoms with Gasteiger partial charge >= 0.3 is 5.97 Å². The third kappa shape index (κ3) is 3.07. The quantitative estimate of drug-likeness (QED) is 0.565. The molecule has 1 aliphatic carbocycles. The molecule has 2 bridgehead atoms. The maximum Gasteiger partial charge on any atom is 0.360 e. The molecular weight excluding hydrogens is 460 g/mol. The number of aryl methyl sites for hydroxylation is 1. The summed E-state index contributed by atoms with van der Waals surface area (Å²) < 4.78 is 21.4. The van der Waals surface area contributed by atoms with Crippen LogP contribution in [0.4, 0.5) is 0 Å². The van der Waals surface area contributed by atoms with Gasteiger partial charge in [-0.1, -0.05) is 32.0 Å². The summed E-state index contributed by atoms with van der Waals surface area (Å²) in [6, 6.07) is 8.21. The number of esters is 1. The van der Waals surface area contributed by atoms with Gasteiger partial charge in [0.25, 0.3) is 0 Å². The molecule has 3 heterocycles. The van der Waals surface area contributed by atoms with E-state index in [0.29, 0.717) is 29.9 Å². The maximum atomic E-state index is 12.8. The van der Waals surface area contributed by atoms with Crippen molar-refractivity contribution in [1.29, 1.82) is 0 Å². The highest BCUT2D eigenvalue weighted by Crippen LogP contribution is 2.63. The Hall–Kier alpha value is -1.86. The zero-order valence-corrected chi connectivity index (χ0v) is 20.0. The van der Waals surface area contributed by atoms with Crippen LogP contribution in [0.25, 0.3) is 0 Å². The molecule has 1 aromatic heterocycles. The molecular formula is C24H29BrN2O4. The lowest BCUT2D eigenvalue weighted by Gasteiger charge is -2.63. The Morgan fingerprint density at radius 3 is 2.87 bits per heavy atom. The van der Waals surface area contributed by atoms with E-state index in [0.717, 1.165) is 17.7 Å². The molecule has 0 spiro atoms. The molecule has 7 heteroatoms. The third-order valence-corrected chi connectivity index (χ3v) is 8.56. The molecule has 1 saturated carbocycles. The van der Waals surface area contributed by atoms with E-state index in [1.807, 2.05) is 25.1 Å². The van der Waals surface area contributed by atoms with Crippen LogP contribution in [0, 0.1) is 23.2 Å². The van der Waals surface area contributed by atoms with Crippen LogP contribution in [-0.2, 0) is 16.0 Å². The smallest absolute Gasteiger partial charge is 0.360 e. The van der Waals surface area contributed by atoms with Gasteiger partial charge in [-0.2, -0.15) is 5.10 Å². The van der Waals surface area contributed by atoms with Crippen molar-refractivity contribution >= 4 is 21.9 Å². The Labute approximate surface area is 191 Å². The third-order valence-electron chi connectivity index (χ3n) is 7.98. The number of carbonyl (C=O) groups is 1. The predicted octanol–water partition coefficient (Wildman–Crippen LogP) is 5.02. The van der Waals surface area contributed by atoms with Crippen LogP contribution in [0.1, 0.15) is 56.3 Å². The number of benzene rings is 1. The number of carbonyl (C=O) groups excluding carboxylic acids is 1. The van der Waals surface area contributed by atoms with E-state index < -0.39 is 5.97 Å². The van der Waals surface area contributed by atoms with Gasteiger partial charge in [0.05, 0.1) is 17.2 Å². The van der Waals surface area contributed by atoms with E-state index in [1.54, 1.807) is 10.9 Å². The standard InChI is InChI=1S/C24H29BrN2O4/c1-5-27-11-17(25)20(26-27)22(28)30-13-24-12-29-21-16-8-6-7-9-18(16)31-23(4,10-14(24)2)19(21)15(24)3/h6-9,11,14-15,19,21H,5,10,12-13H2,1-4H3/t14-,15-,19+,21+,23-,24-/m0/s1. The van der Waals surface area contributed by atoms with Gasteiger partial charge in [-0.05, 0) is 54.1 Å². The van der Waals surface area contributed by atoms with Gasteiger partial charge in [-0.15, -0.1) is 0 Å². The van der Waals surface area contributed by atoms with E-state index in [-0.39, 0.29) is 34.9 Å². The molecule has 2 aliphatic heterocycles. The number of halogens is 1. The molecule has 5 rings (SSSR count). The van der Waals surface area contributed by atoms with Crippen molar-refractivity contribution in [2.75, 3.05) is 13.2 Å². The SMILES string of the molecule is CCn1cc(Br)c(C(=O)OC[C@@]23CO[C@@H]4c5ccccc5O[C@@](C)(C[C@@H]2C)[C@@H]4[C@@H]3C)n1. The van der Waals surface area contributed by atoms with Gasteiger partial charge < -0.3 is 14.2 Å². The lowest BCUT2D eigenvalue weighted by molar-refractivity contribution is -0.259. The second kappa shape index (κ2) is 7.34. The zero-order valence-electron chi connectivity index (χ0n) is 18.4. The van der Waals surface area contributed by atoms with Crippen LogP contribution in [0.2, 0.25) is 0 Å². The Bertz CT molecular complexity index is 1020. The summed E-state index contributed by atoms with van der Waals surface area (Å²) >= 11 is 3.43. The number of hydrogen-bond acceptors (Lipinski definition) is 5. The van der Waals surface area contributed by atoms with Crippen LogP contribution in [0.5, 0.6) is 5.75 Å². The number of hydrogen-bond donors (Lipinski definition) is 0. The summed E-state index contributed by atoms with van der Waals surface area (Å²) in [5, 5.41) is 4.33. The molecule has 6 atom stereocenters. The van der Waals surface area contributed by atoms with E-state index in [4.69, 9.17) is 14.2 Å². The van der Waals surface area contributed by atoms with Gasteiger partial charge in [0.1, 0.15) is 18.0 Å². The normalized spacial score (nSPS) is 35.8. The molecule has 0 radical (unpaired) electrons. The number of rotatable bonds is 4. The summed E-state index contributed by atoms with van der Waals surface area (Å²) in [5.74, 6) is 1.30. The van der Waals surface area contributed by atoms with E-state index in [9.17, 15) is 4.79 Å². The Kier molecular flexibility index (Phi) is 4.97. The first-order chi connectivity index (χ1) is 14.8. The van der Waals surface area contributed by atoms with Gasteiger partial charge in [0.2, 0.25) is 0 Å². The predicted molar refractivity (Wildman–Crippen MR) is 119 cm³/mol. The molecule has 31 heavy (non-hydrogen) atoms. The summed E-state index contributed by atoms with van der Waals surface area (Å²) in [4.78, 5) is 12.8. The van der Waals surface area contributed by atoms with E-state index in [2.05, 4.69) is 47.9 Å². The minimum Gasteiger partial charge on any atom is -0.487 e. The van der Waals surface area contributed by atoms with Crippen molar-refractivity contribution in [3.05, 3.63) is 46.2 Å². The van der Waals surface area contributed by atoms with Gasteiger partial charge in [0.15, 0.2) is 5.69 Å². The van der Waals surface area contributed by atoms with E-state index in [1.165, 1.54) is 0 Å². The molecule has 1 saturated heterocycles. The average Bonchev–Trinajstić information content (AvgIpc) is 3.12. The van der Waals surface area contributed by atoms with Gasteiger partial charge in [0, 0.05) is 29.6 Å². The number of fused-ring (bicyclic) bond motifs is 3. The first-order valence-corrected chi connectivity index (χ1v) is 11.9. The zero-order chi connectivity index (χ0) is 22.0. The van der Waals surface area contributed by atoms with Crippen LogP contribution in [0.15, 0.2) is 34.9 Å². The topological polar surface area (TPSA) is 62.6 Å². The van der Waals surface area contributed by atoms with Crippen molar-refractivity contribution in [2.24, 2.45) is 23.2 Å². The van der Waals surface area contributed by atoms with Gasteiger partial charge in [-0.3, -0.25) is 4.68 Å². The maximum absolute atomic E-state index is 12.8. The molecule has 2 aromatic rings. The van der Waals surface area contributed by atoms with Crippen LogP contribution in [0.3, 0.4) is 0 Å². The molecule has 0 unspecified atom stereocenters. The fourth-order valence-electron chi connectivity index (χ4n) is 6.22. The van der Waals surface area contributed by atoms with Crippen molar-refractivity contribution in [2.45, 2.75) is 52.4 Å². The minimum absolute atomic E-state index is 0.00988. The second-order valence-electron chi connectivity index (χ2n) is 9.59. The highest BCUT2D eigenvalue weighted by atomic mass is 79.9. The first kappa shape index (κ1) is 21.0. The fraction of sp³-hybridized carbons (Fsp3) is 0.583. The minimum atomic E-state index is -0.395. The van der Waals surface area contributed by atoms with Gasteiger partial charge in [-0.25, -0.2) is 4.79 Å². The molecule has 0 N–H and O–H groups in total. The molecule has 2 fully saturated rings. The molecule has 3 aliphatic rings. The summed E-state index contributed by atoms with van der Waals surface area (Å²) in [7, 11) is 0. The summed E-state index contributed by atoms with van der Waals surface area (Å²) in [6.45, 7) is 10.3. The lowest BCUT2D eigenvalue weighted by atomic mass is 9.50. The highest BCUT2D eigenvalue weighted by molar-refractivity contribution is 9.10. The van der Waals surface area contributed by atoms with Crippen LogP contribution < -0.4 is 4.74 Å². The molecule has 0 amide bonds. The number of ether oxygens (including phenoxy) is 3. The first-order valence-electron chi connectivity index (χ1n) is 11.1. The second-order valence-corrected chi connectivity index (χ2v) is 10.4. The summed E-state index contributed by atoms with van der Waals surface area (Å²) in [5.41, 5.74) is 0.912.